The number of aromatic nitrogens is 1. The Morgan fingerprint density at radius 1 is 1.60 bits per heavy atom. The van der Waals surface area contributed by atoms with E-state index in [-0.39, 0.29) is 5.91 Å². The molecule has 1 heterocycles. The predicted molar refractivity (Wildman–Crippen MR) is 58.8 cm³/mol. The van der Waals surface area contributed by atoms with Crippen molar-refractivity contribution in [1.82, 2.24) is 10.3 Å². The van der Waals surface area contributed by atoms with E-state index in [0.717, 1.165) is 5.56 Å². The third-order valence-electron chi connectivity index (χ3n) is 1.62. The first-order valence-electron chi connectivity index (χ1n) is 4.62. The molecule has 0 radical (unpaired) electrons. The second-order valence-corrected chi connectivity index (χ2v) is 3.04. The van der Waals surface area contributed by atoms with Gasteiger partial charge in [-0.25, -0.2) is 0 Å². The second-order valence-electron chi connectivity index (χ2n) is 3.04. The molecule has 1 aromatic heterocycles. The first kappa shape index (κ1) is 11.1. The lowest BCUT2D eigenvalue weighted by Crippen LogP contribution is -2.20. The van der Waals surface area contributed by atoms with Crippen molar-refractivity contribution >= 4 is 11.6 Å². The molecule has 0 spiro atoms. The van der Waals surface area contributed by atoms with E-state index in [0.29, 0.717) is 18.7 Å². The highest BCUT2D eigenvalue weighted by atomic mass is 16.1. The molecule has 0 aromatic carbocycles. The quantitative estimate of drug-likeness (QED) is 0.544. The summed E-state index contributed by atoms with van der Waals surface area (Å²) < 4.78 is 0. The van der Waals surface area contributed by atoms with Crippen LogP contribution in [-0.4, -0.2) is 17.4 Å². The van der Waals surface area contributed by atoms with Crippen molar-refractivity contribution in [3.05, 3.63) is 24.0 Å². The molecule has 0 atom stereocenters. The average Bonchev–Trinajstić information content (AvgIpc) is 2.17. The van der Waals surface area contributed by atoms with E-state index in [1.807, 2.05) is 0 Å². The lowest BCUT2D eigenvalue weighted by Gasteiger charge is -1.95. The molecule has 0 aliphatic heterocycles. The van der Waals surface area contributed by atoms with Crippen LogP contribution in [0, 0.1) is 11.8 Å². The minimum absolute atomic E-state index is 0.0394. The highest BCUT2D eigenvalue weighted by molar-refractivity contribution is 5.72. The van der Waals surface area contributed by atoms with Crippen LogP contribution in [0.5, 0.6) is 0 Å². The molecule has 1 rings (SSSR count). The second kappa shape index (κ2) is 5.66. The van der Waals surface area contributed by atoms with Gasteiger partial charge in [-0.05, 0) is 6.07 Å². The van der Waals surface area contributed by atoms with Gasteiger partial charge < -0.3 is 11.1 Å². The van der Waals surface area contributed by atoms with E-state index in [1.165, 1.54) is 6.92 Å². The number of nitrogens with one attached hydrogen (secondary N) is 1. The molecule has 15 heavy (non-hydrogen) atoms. The molecule has 4 nitrogen and oxygen atoms in total. The van der Waals surface area contributed by atoms with Crippen molar-refractivity contribution in [2.45, 2.75) is 13.3 Å². The van der Waals surface area contributed by atoms with Crippen LogP contribution in [0.15, 0.2) is 18.5 Å². The zero-order chi connectivity index (χ0) is 11.1. The number of amides is 1. The van der Waals surface area contributed by atoms with E-state index < -0.39 is 0 Å². The summed E-state index contributed by atoms with van der Waals surface area (Å²) in [7, 11) is 0. The number of anilines is 1. The molecule has 1 aromatic rings. The fourth-order valence-electron chi connectivity index (χ4n) is 0.992. The smallest absolute Gasteiger partial charge is 0.216 e. The Bertz CT molecular complexity index is 404. The van der Waals surface area contributed by atoms with Gasteiger partial charge in [0.15, 0.2) is 0 Å². The van der Waals surface area contributed by atoms with Gasteiger partial charge >= 0.3 is 0 Å². The van der Waals surface area contributed by atoms with Gasteiger partial charge in [-0.2, -0.15) is 0 Å². The molecule has 0 bridgehead atoms. The molecule has 0 fully saturated rings. The van der Waals surface area contributed by atoms with Crippen molar-refractivity contribution in [3.63, 3.8) is 0 Å². The minimum atomic E-state index is -0.0394. The molecule has 0 aliphatic rings. The molecule has 78 valence electrons. The van der Waals surface area contributed by atoms with Gasteiger partial charge in [0.1, 0.15) is 0 Å². The molecule has 0 unspecified atom stereocenters. The minimum Gasteiger partial charge on any atom is -0.397 e. The van der Waals surface area contributed by atoms with Crippen LogP contribution in [0.2, 0.25) is 0 Å². The summed E-state index contributed by atoms with van der Waals surface area (Å²) in [6.45, 7) is 2.05. The average molecular weight is 203 g/mol. The van der Waals surface area contributed by atoms with Gasteiger partial charge in [0.05, 0.1) is 5.69 Å². The fourth-order valence-corrected chi connectivity index (χ4v) is 0.992. The number of carbonyl (C=O) groups excluding carboxylic acids is 1. The predicted octanol–water partition coefficient (Wildman–Crippen LogP) is 0.541. The Kier molecular flexibility index (Phi) is 4.17. The Morgan fingerprint density at radius 2 is 2.40 bits per heavy atom. The van der Waals surface area contributed by atoms with Crippen LogP contribution in [0.3, 0.4) is 0 Å². The molecule has 3 N–H and O–H groups in total. The molecule has 0 saturated heterocycles. The van der Waals surface area contributed by atoms with Crippen molar-refractivity contribution < 1.29 is 4.79 Å². The summed E-state index contributed by atoms with van der Waals surface area (Å²) in [4.78, 5) is 14.4. The maximum atomic E-state index is 10.5. The van der Waals surface area contributed by atoms with Crippen LogP contribution in [-0.2, 0) is 4.79 Å². The number of nitrogens with zero attached hydrogens (tertiary/aromatic N) is 1. The maximum absolute atomic E-state index is 10.5. The van der Waals surface area contributed by atoms with E-state index in [1.54, 1.807) is 18.5 Å². The van der Waals surface area contributed by atoms with Gasteiger partial charge in [0.25, 0.3) is 0 Å². The first-order valence-corrected chi connectivity index (χ1v) is 4.62. The zero-order valence-electron chi connectivity index (χ0n) is 8.58. The number of hydrogen-bond acceptors (Lipinski definition) is 3. The Hall–Kier alpha value is -2.02. The SMILES string of the molecule is CC(=O)NCCC#Cc1cncc(N)c1. The van der Waals surface area contributed by atoms with Gasteiger partial charge in [0.2, 0.25) is 5.91 Å². The van der Waals surface area contributed by atoms with Crippen molar-refractivity contribution in [2.75, 3.05) is 12.3 Å². The van der Waals surface area contributed by atoms with E-state index >= 15 is 0 Å². The lowest BCUT2D eigenvalue weighted by atomic mass is 10.2. The number of carbonyl (C=O) groups is 1. The number of pyridine rings is 1. The molecule has 4 heteroatoms. The van der Waals surface area contributed by atoms with Gasteiger partial charge in [-0.15, -0.1) is 0 Å². The molecule has 1 amide bonds. The van der Waals surface area contributed by atoms with E-state index in [9.17, 15) is 4.79 Å². The highest BCUT2D eigenvalue weighted by Gasteiger charge is 1.89. The molecular formula is C11H13N3O. The topological polar surface area (TPSA) is 68.0 Å². The number of rotatable bonds is 2. The van der Waals surface area contributed by atoms with Crippen LogP contribution in [0.4, 0.5) is 5.69 Å². The highest BCUT2D eigenvalue weighted by Crippen LogP contribution is 2.01. The Balaban J connectivity index is 2.41. The lowest BCUT2D eigenvalue weighted by molar-refractivity contribution is -0.118. The summed E-state index contributed by atoms with van der Waals surface area (Å²) in [5.74, 6) is 5.80. The fraction of sp³-hybridized carbons (Fsp3) is 0.273. The van der Waals surface area contributed by atoms with Gasteiger partial charge in [0, 0.05) is 37.8 Å². The largest absolute Gasteiger partial charge is 0.397 e. The first-order chi connectivity index (χ1) is 7.18. The summed E-state index contributed by atoms with van der Waals surface area (Å²) in [5, 5.41) is 2.66. The van der Waals surface area contributed by atoms with Crippen molar-refractivity contribution in [1.29, 1.82) is 0 Å². The monoisotopic (exact) mass is 203 g/mol. The van der Waals surface area contributed by atoms with E-state index in [4.69, 9.17) is 5.73 Å². The van der Waals surface area contributed by atoms with E-state index in [2.05, 4.69) is 22.1 Å². The maximum Gasteiger partial charge on any atom is 0.216 e. The summed E-state index contributed by atoms with van der Waals surface area (Å²) >= 11 is 0. The summed E-state index contributed by atoms with van der Waals surface area (Å²) in [5.41, 5.74) is 6.93. The Labute approximate surface area is 88.9 Å². The molecule has 0 saturated carbocycles. The third-order valence-corrected chi connectivity index (χ3v) is 1.62. The van der Waals surface area contributed by atoms with Gasteiger partial charge in [-0.1, -0.05) is 11.8 Å². The molecule has 0 aliphatic carbocycles. The van der Waals surface area contributed by atoms with Crippen molar-refractivity contribution in [3.8, 4) is 11.8 Å². The normalized spacial score (nSPS) is 8.87. The zero-order valence-corrected chi connectivity index (χ0v) is 8.58. The Morgan fingerprint density at radius 3 is 3.07 bits per heavy atom. The van der Waals surface area contributed by atoms with Crippen LogP contribution < -0.4 is 11.1 Å². The third kappa shape index (κ3) is 4.67. The van der Waals surface area contributed by atoms with Crippen molar-refractivity contribution in [2.24, 2.45) is 0 Å². The number of nitrogens with two attached hydrogens (primary N) is 1. The number of nitrogen functional groups attached to an aromatic ring is 1. The van der Waals surface area contributed by atoms with Crippen LogP contribution >= 0.6 is 0 Å². The summed E-state index contributed by atoms with van der Waals surface area (Å²) in [6.07, 6.45) is 3.85. The number of hydrogen-bond donors (Lipinski definition) is 2. The summed E-state index contributed by atoms with van der Waals surface area (Å²) in [6, 6.07) is 1.76. The van der Waals surface area contributed by atoms with Gasteiger partial charge in [-0.3, -0.25) is 9.78 Å². The van der Waals surface area contributed by atoms with Crippen LogP contribution in [0.25, 0.3) is 0 Å². The standard InChI is InChI=1S/C11H13N3O/c1-9(15)14-5-3-2-4-10-6-11(12)8-13-7-10/h6-8H,3,5,12H2,1H3,(H,14,15). The molecular weight excluding hydrogens is 190 g/mol. The van der Waals surface area contributed by atoms with Crippen LogP contribution in [0.1, 0.15) is 18.9 Å².